The largest absolute Gasteiger partial charge is 0.463 e. The summed E-state index contributed by atoms with van der Waals surface area (Å²) in [5.74, 6) is 0.351. The predicted molar refractivity (Wildman–Crippen MR) is 192 cm³/mol. The number of hydrogen-bond acceptors (Lipinski definition) is 6. The number of hydrogen-bond donors (Lipinski definition) is 1. The first-order valence-electron chi connectivity index (χ1n) is 18.5. The Bertz CT molecular complexity index is 854. The number of aliphatic hydroxyl groups excluding tert-OH is 1. The van der Waals surface area contributed by atoms with Crippen molar-refractivity contribution in [1.29, 1.82) is 0 Å². The summed E-state index contributed by atoms with van der Waals surface area (Å²) < 4.78 is 10.2. The average molecular weight is 645 g/mol. The second kappa shape index (κ2) is 33.9. The molecule has 0 spiro atoms. The molecule has 1 atom stereocenters. The van der Waals surface area contributed by atoms with Crippen LogP contribution in [0.4, 0.5) is 0 Å². The Labute approximate surface area is 282 Å². The minimum Gasteiger partial charge on any atom is -0.463 e. The Morgan fingerprint density at radius 3 is 1.67 bits per heavy atom. The van der Waals surface area contributed by atoms with E-state index >= 15 is 0 Å². The fourth-order valence-corrected chi connectivity index (χ4v) is 4.86. The number of carbonyl (C=O) groups excluding carboxylic acids is 3. The van der Waals surface area contributed by atoms with Gasteiger partial charge in [0, 0.05) is 19.3 Å². The average Bonchev–Trinajstić information content (AvgIpc) is 3.03. The quantitative estimate of drug-likeness (QED) is 0.0258. The number of aliphatic hydroxyl groups is 1. The minimum absolute atomic E-state index is 0.148. The highest BCUT2D eigenvalue weighted by Gasteiger charge is 2.12. The molecule has 0 aliphatic carbocycles. The van der Waals surface area contributed by atoms with Crippen molar-refractivity contribution >= 4 is 17.7 Å². The molecular weight excluding hydrogens is 576 g/mol. The van der Waals surface area contributed by atoms with E-state index in [4.69, 9.17) is 9.47 Å². The summed E-state index contributed by atoms with van der Waals surface area (Å²) in [7, 11) is 0. The lowest BCUT2D eigenvalue weighted by molar-refractivity contribution is -0.152. The van der Waals surface area contributed by atoms with Crippen LogP contribution in [0, 0.1) is 5.92 Å². The lowest BCUT2D eigenvalue weighted by Gasteiger charge is -2.12. The summed E-state index contributed by atoms with van der Waals surface area (Å²) in [6.07, 6.45) is 37.2. The molecule has 0 bridgehead atoms. The van der Waals surface area contributed by atoms with Crippen molar-refractivity contribution in [3.05, 3.63) is 48.6 Å². The zero-order valence-corrected chi connectivity index (χ0v) is 29.7. The van der Waals surface area contributed by atoms with E-state index in [2.05, 4.69) is 39.0 Å². The second-order valence-electron chi connectivity index (χ2n) is 12.9. The molecule has 0 aromatic carbocycles. The lowest BCUT2D eigenvalue weighted by Crippen LogP contribution is -2.25. The van der Waals surface area contributed by atoms with Gasteiger partial charge in [0.15, 0.2) is 5.78 Å². The molecular formula is C40H68O6. The SMILES string of the molecule is CCCCCC(=O)/C=C/C=C\C/C=C\C/C=C\CCCC(=O)OC[C@@H](O)COC(=O)CCCCCCCCCCCCCC(C)C. The summed E-state index contributed by atoms with van der Waals surface area (Å²) in [5.41, 5.74) is 0. The number of unbranched alkanes of at least 4 members (excludes halogenated alkanes) is 13. The van der Waals surface area contributed by atoms with Crippen LogP contribution in [0.3, 0.4) is 0 Å². The lowest BCUT2D eigenvalue weighted by atomic mass is 10.0. The first-order chi connectivity index (χ1) is 22.3. The first-order valence-corrected chi connectivity index (χ1v) is 18.5. The maximum atomic E-state index is 11.9. The van der Waals surface area contributed by atoms with Gasteiger partial charge in [0.25, 0.3) is 0 Å². The van der Waals surface area contributed by atoms with Crippen LogP contribution in [-0.2, 0) is 23.9 Å². The van der Waals surface area contributed by atoms with Gasteiger partial charge in [-0.2, -0.15) is 0 Å². The standard InChI is InChI=1S/C40H68O6/c1-4-5-24-30-37(41)31-26-21-17-13-9-7-11-15-19-23-28-33-40(44)46-35-38(42)34-45-39(43)32-27-22-18-14-10-6-8-12-16-20-25-29-36(2)3/h7,9,15,17,19,21,26,31,36,38,42H,4-6,8,10-14,16,18,20,22-25,27-30,32-35H2,1-3H3/b9-7-,19-15-,21-17-,31-26+/t38-/m0/s1. The summed E-state index contributed by atoms with van der Waals surface area (Å²) in [6, 6.07) is 0. The van der Waals surface area contributed by atoms with Crippen LogP contribution in [0.25, 0.3) is 0 Å². The topological polar surface area (TPSA) is 89.9 Å². The fraction of sp³-hybridized carbons (Fsp3) is 0.725. The van der Waals surface area contributed by atoms with Crippen molar-refractivity contribution in [2.24, 2.45) is 5.92 Å². The molecule has 0 saturated heterocycles. The summed E-state index contributed by atoms with van der Waals surface area (Å²) in [5, 5.41) is 9.98. The summed E-state index contributed by atoms with van der Waals surface area (Å²) in [6.45, 7) is 6.41. The monoisotopic (exact) mass is 645 g/mol. The number of rotatable bonds is 32. The molecule has 264 valence electrons. The molecule has 46 heavy (non-hydrogen) atoms. The third kappa shape index (κ3) is 34.4. The van der Waals surface area contributed by atoms with E-state index in [0.717, 1.165) is 63.7 Å². The van der Waals surface area contributed by atoms with Gasteiger partial charge in [-0.3, -0.25) is 14.4 Å². The van der Waals surface area contributed by atoms with Crippen molar-refractivity contribution in [1.82, 2.24) is 0 Å². The highest BCUT2D eigenvalue weighted by Crippen LogP contribution is 2.14. The molecule has 0 saturated carbocycles. The predicted octanol–water partition coefficient (Wildman–Crippen LogP) is 10.5. The van der Waals surface area contributed by atoms with Gasteiger partial charge in [-0.25, -0.2) is 0 Å². The molecule has 0 unspecified atom stereocenters. The zero-order valence-electron chi connectivity index (χ0n) is 29.7. The van der Waals surface area contributed by atoms with Crippen LogP contribution in [-0.4, -0.2) is 42.1 Å². The van der Waals surface area contributed by atoms with Gasteiger partial charge in [0.1, 0.15) is 19.3 Å². The smallest absolute Gasteiger partial charge is 0.305 e. The third-order valence-corrected chi connectivity index (χ3v) is 7.72. The highest BCUT2D eigenvalue weighted by molar-refractivity contribution is 5.89. The Morgan fingerprint density at radius 1 is 0.587 bits per heavy atom. The number of ether oxygens (including phenoxy) is 2. The molecule has 0 fully saturated rings. The van der Waals surface area contributed by atoms with Crippen LogP contribution >= 0.6 is 0 Å². The van der Waals surface area contributed by atoms with Gasteiger partial charge in [-0.05, 0) is 50.5 Å². The van der Waals surface area contributed by atoms with Crippen LogP contribution < -0.4 is 0 Å². The molecule has 1 N–H and O–H groups in total. The van der Waals surface area contributed by atoms with Crippen molar-refractivity contribution in [2.45, 2.75) is 168 Å². The maximum Gasteiger partial charge on any atom is 0.305 e. The molecule has 0 aliphatic heterocycles. The number of esters is 2. The van der Waals surface area contributed by atoms with Crippen molar-refractivity contribution < 1.29 is 29.0 Å². The normalized spacial score (nSPS) is 12.7. The van der Waals surface area contributed by atoms with Crippen molar-refractivity contribution in [2.75, 3.05) is 13.2 Å². The zero-order chi connectivity index (χ0) is 33.9. The van der Waals surface area contributed by atoms with Crippen LogP contribution in [0.2, 0.25) is 0 Å². The van der Waals surface area contributed by atoms with Crippen LogP contribution in [0.1, 0.15) is 162 Å². The Morgan fingerprint density at radius 2 is 1.09 bits per heavy atom. The van der Waals surface area contributed by atoms with Crippen molar-refractivity contribution in [3.8, 4) is 0 Å². The molecule has 0 amide bonds. The van der Waals surface area contributed by atoms with E-state index in [1.54, 1.807) is 6.08 Å². The highest BCUT2D eigenvalue weighted by atomic mass is 16.6. The fourth-order valence-electron chi connectivity index (χ4n) is 4.86. The minimum atomic E-state index is -1.00. The van der Waals surface area contributed by atoms with Gasteiger partial charge in [0.2, 0.25) is 0 Å². The summed E-state index contributed by atoms with van der Waals surface area (Å²) >= 11 is 0. The Kier molecular flexibility index (Phi) is 32.1. The Balaban J connectivity index is 3.60. The van der Waals surface area contributed by atoms with E-state index in [1.165, 1.54) is 57.8 Å². The summed E-state index contributed by atoms with van der Waals surface area (Å²) in [4.78, 5) is 35.5. The maximum absolute atomic E-state index is 11.9. The van der Waals surface area contributed by atoms with Gasteiger partial charge in [0.05, 0.1) is 0 Å². The molecule has 0 aliphatic rings. The molecule has 0 aromatic rings. The molecule has 6 heteroatoms. The van der Waals surface area contributed by atoms with E-state index < -0.39 is 6.10 Å². The number of allylic oxidation sites excluding steroid dienone is 8. The Hall–Kier alpha value is -2.47. The van der Waals surface area contributed by atoms with E-state index in [-0.39, 0.29) is 37.4 Å². The number of carbonyl (C=O) groups is 3. The van der Waals surface area contributed by atoms with Crippen LogP contribution in [0.15, 0.2) is 48.6 Å². The molecule has 0 rings (SSSR count). The van der Waals surface area contributed by atoms with Crippen molar-refractivity contribution in [3.63, 3.8) is 0 Å². The van der Waals surface area contributed by atoms with Gasteiger partial charge in [-0.15, -0.1) is 0 Å². The molecule has 0 heterocycles. The van der Waals surface area contributed by atoms with Gasteiger partial charge in [-0.1, -0.05) is 147 Å². The van der Waals surface area contributed by atoms with Gasteiger partial charge < -0.3 is 14.6 Å². The molecule has 0 radical (unpaired) electrons. The molecule has 6 nitrogen and oxygen atoms in total. The molecule has 0 aromatic heterocycles. The van der Waals surface area contributed by atoms with Crippen LogP contribution in [0.5, 0.6) is 0 Å². The van der Waals surface area contributed by atoms with Gasteiger partial charge >= 0.3 is 11.9 Å². The van der Waals surface area contributed by atoms with E-state index in [1.807, 2.05) is 24.3 Å². The van der Waals surface area contributed by atoms with E-state index in [0.29, 0.717) is 19.3 Å². The second-order valence-corrected chi connectivity index (χ2v) is 12.9. The van der Waals surface area contributed by atoms with E-state index in [9.17, 15) is 19.5 Å². The number of ketones is 1. The third-order valence-electron chi connectivity index (χ3n) is 7.72. The first kappa shape index (κ1) is 43.5.